The number of para-hydroxylation sites is 2. The van der Waals surface area contributed by atoms with Crippen LogP contribution < -0.4 is 4.90 Å². The highest BCUT2D eigenvalue weighted by Crippen LogP contribution is 2.28. The summed E-state index contributed by atoms with van der Waals surface area (Å²) in [5.74, 6) is -0.117. The van der Waals surface area contributed by atoms with Gasteiger partial charge in [-0.1, -0.05) is 35.5 Å². The molecule has 0 fully saturated rings. The summed E-state index contributed by atoms with van der Waals surface area (Å²) in [5, 5.41) is 8.14. The van der Waals surface area contributed by atoms with Crippen molar-refractivity contribution in [2.45, 2.75) is 6.42 Å². The molecule has 0 radical (unpaired) electrons. The van der Waals surface area contributed by atoms with Crippen molar-refractivity contribution >= 4 is 27.5 Å². The zero-order chi connectivity index (χ0) is 15.8. The van der Waals surface area contributed by atoms with Gasteiger partial charge in [-0.3, -0.25) is 4.79 Å². The van der Waals surface area contributed by atoms with Crippen LogP contribution in [0.3, 0.4) is 0 Å². The van der Waals surface area contributed by atoms with Gasteiger partial charge < -0.3 is 4.90 Å². The van der Waals surface area contributed by atoms with E-state index in [-0.39, 0.29) is 5.91 Å². The van der Waals surface area contributed by atoms with Crippen LogP contribution in [-0.4, -0.2) is 27.4 Å². The lowest BCUT2D eigenvalue weighted by atomic mass is 10.2. The van der Waals surface area contributed by atoms with Gasteiger partial charge in [0.1, 0.15) is 0 Å². The number of carbonyl (C=O) groups excluding carboxylic acids is 1. The van der Waals surface area contributed by atoms with Crippen molar-refractivity contribution in [1.29, 1.82) is 0 Å². The number of anilines is 1. The number of amides is 1. The third-order valence-corrected chi connectivity index (χ3v) is 4.61. The molecule has 4 rings (SSSR count). The molecule has 0 bridgehead atoms. The normalized spacial score (nSPS) is 13.2. The maximum absolute atomic E-state index is 12.7. The predicted molar refractivity (Wildman–Crippen MR) is 90.9 cm³/mol. The standard InChI is InChI=1S/C17H13BrN4O/c18-13-6-2-4-8-16(13)22-11-14(19-20-22)17(23)21-10-9-12-5-1-3-7-15(12)21/h1-8,11H,9-10H2. The van der Waals surface area contributed by atoms with Gasteiger partial charge in [-0.15, -0.1) is 5.10 Å². The van der Waals surface area contributed by atoms with Crippen molar-refractivity contribution in [3.63, 3.8) is 0 Å². The van der Waals surface area contributed by atoms with Crippen LogP contribution in [0.15, 0.2) is 59.2 Å². The average molecular weight is 369 g/mol. The second-order valence-electron chi connectivity index (χ2n) is 5.34. The van der Waals surface area contributed by atoms with Crippen LogP contribution >= 0.6 is 15.9 Å². The molecule has 2 heterocycles. The molecule has 0 N–H and O–H groups in total. The first kappa shape index (κ1) is 14.1. The van der Waals surface area contributed by atoms with E-state index in [1.54, 1.807) is 15.8 Å². The van der Waals surface area contributed by atoms with E-state index in [0.717, 1.165) is 22.3 Å². The van der Waals surface area contributed by atoms with Crippen LogP contribution in [0.5, 0.6) is 0 Å². The summed E-state index contributed by atoms with van der Waals surface area (Å²) in [7, 11) is 0. The molecule has 0 saturated carbocycles. The first-order chi connectivity index (χ1) is 11.2. The Hall–Kier alpha value is -2.47. The molecule has 1 aliphatic rings. The topological polar surface area (TPSA) is 51.0 Å². The maximum Gasteiger partial charge on any atom is 0.280 e. The number of hydrogen-bond donors (Lipinski definition) is 0. The molecule has 3 aromatic rings. The minimum absolute atomic E-state index is 0.117. The Labute approximate surface area is 141 Å². The molecule has 114 valence electrons. The summed E-state index contributed by atoms with van der Waals surface area (Å²) in [6.07, 6.45) is 2.55. The SMILES string of the molecule is O=C(c1cn(-c2ccccc2Br)nn1)N1CCc2ccccc21. The molecule has 0 unspecified atom stereocenters. The molecule has 23 heavy (non-hydrogen) atoms. The Kier molecular flexibility index (Phi) is 3.46. The lowest BCUT2D eigenvalue weighted by Gasteiger charge is -2.15. The van der Waals surface area contributed by atoms with Crippen molar-refractivity contribution in [3.05, 3.63) is 70.5 Å². The van der Waals surface area contributed by atoms with E-state index in [9.17, 15) is 4.79 Å². The second-order valence-corrected chi connectivity index (χ2v) is 6.19. The van der Waals surface area contributed by atoms with Crippen molar-refractivity contribution < 1.29 is 4.79 Å². The van der Waals surface area contributed by atoms with Crippen LogP contribution in [0.2, 0.25) is 0 Å². The molecule has 0 spiro atoms. The van der Waals surface area contributed by atoms with Crippen LogP contribution in [-0.2, 0) is 6.42 Å². The number of benzene rings is 2. The highest BCUT2D eigenvalue weighted by Gasteiger charge is 2.27. The van der Waals surface area contributed by atoms with Crippen molar-refractivity contribution in [2.24, 2.45) is 0 Å². The van der Waals surface area contributed by atoms with Gasteiger partial charge in [0.25, 0.3) is 5.91 Å². The minimum Gasteiger partial charge on any atom is -0.306 e. The fourth-order valence-corrected chi connectivity index (χ4v) is 3.27. The van der Waals surface area contributed by atoms with Gasteiger partial charge in [-0.2, -0.15) is 0 Å². The van der Waals surface area contributed by atoms with E-state index >= 15 is 0 Å². The summed E-state index contributed by atoms with van der Waals surface area (Å²) in [6.45, 7) is 0.681. The van der Waals surface area contributed by atoms with E-state index in [1.165, 1.54) is 5.56 Å². The van der Waals surface area contributed by atoms with Crippen molar-refractivity contribution in [1.82, 2.24) is 15.0 Å². The molecule has 0 aliphatic carbocycles. The molecule has 2 aromatic carbocycles. The molecule has 1 amide bonds. The third-order valence-electron chi connectivity index (χ3n) is 3.94. The monoisotopic (exact) mass is 368 g/mol. The Bertz CT molecular complexity index is 890. The second kappa shape index (κ2) is 5.62. The Morgan fingerprint density at radius 3 is 2.61 bits per heavy atom. The van der Waals surface area contributed by atoms with Crippen LogP contribution in [0.25, 0.3) is 5.69 Å². The molecule has 5 nitrogen and oxygen atoms in total. The van der Waals surface area contributed by atoms with Gasteiger partial charge in [0.15, 0.2) is 5.69 Å². The number of rotatable bonds is 2. The highest BCUT2D eigenvalue weighted by molar-refractivity contribution is 9.10. The molecular formula is C17H13BrN4O. The largest absolute Gasteiger partial charge is 0.306 e. The quantitative estimate of drug-likeness (QED) is 0.697. The van der Waals surface area contributed by atoms with Crippen molar-refractivity contribution in [2.75, 3.05) is 11.4 Å². The third kappa shape index (κ3) is 2.45. The first-order valence-corrected chi connectivity index (χ1v) is 8.10. The van der Waals surface area contributed by atoms with E-state index in [1.807, 2.05) is 42.5 Å². The molecule has 0 atom stereocenters. The summed E-state index contributed by atoms with van der Waals surface area (Å²) in [6, 6.07) is 15.7. The number of nitrogens with zero attached hydrogens (tertiary/aromatic N) is 4. The van der Waals surface area contributed by atoms with Gasteiger partial charge in [-0.05, 0) is 46.1 Å². The van der Waals surface area contributed by atoms with Crippen molar-refractivity contribution in [3.8, 4) is 5.69 Å². The van der Waals surface area contributed by atoms with Crippen LogP contribution in [0.1, 0.15) is 16.1 Å². The van der Waals surface area contributed by atoms with Crippen LogP contribution in [0, 0.1) is 0 Å². The highest BCUT2D eigenvalue weighted by atomic mass is 79.9. The Morgan fingerprint density at radius 1 is 1.04 bits per heavy atom. The minimum atomic E-state index is -0.117. The first-order valence-electron chi connectivity index (χ1n) is 7.31. The molecule has 1 aromatic heterocycles. The predicted octanol–water partition coefficient (Wildman–Crippen LogP) is 3.23. The summed E-state index contributed by atoms with van der Waals surface area (Å²) in [5.41, 5.74) is 3.35. The number of hydrogen-bond acceptors (Lipinski definition) is 3. The van der Waals surface area contributed by atoms with Gasteiger partial charge in [0.2, 0.25) is 0 Å². The number of carbonyl (C=O) groups is 1. The average Bonchev–Trinajstić information content (AvgIpc) is 3.22. The van der Waals surface area contributed by atoms with Gasteiger partial charge in [-0.25, -0.2) is 4.68 Å². The molecule has 6 heteroatoms. The fourth-order valence-electron chi connectivity index (χ4n) is 2.80. The zero-order valence-corrected chi connectivity index (χ0v) is 13.8. The lowest BCUT2D eigenvalue weighted by Crippen LogP contribution is -2.29. The number of halogens is 1. The van der Waals surface area contributed by atoms with E-state index < -0.39 is 0 Å². The molecule has 0 saturated heterocycles. The van der Waals surface area contributed by atoms with Gasteiger partial charge in [0, 0.05) is 16.7 Å². The molecular weight excluding hydrogens is 356 g/mol. The summed E-state index contributed by atoms with van der Waals surface area (Å²) in [4.78, 5) is 14.5. The number of aromatic nitrogens is 3. The lowest BCUT2D eigenvalue weighted by molar-refractivity contribution is 0.0984. The van der Waals surface area contributed by atoms with E-state index in [0.29, 0.717) is 12.2 Å². The fraction of sp³-hybridized carbons (Fsp3) is 0.118. The van der Waals surface area contributed by atoms with E-state index in [2.05, 4.69) is 32.3 Å². The van der Waals surface area contributed by atoms with Gasteiger partial charge >= 0.3 is 0 Å². The Morgan fingerprint density at radius 2 is 1.78 bits per heavy atom. The maximum atomic E-state index is 12.7. The van der Waals surface area contributed by atoms with E-state index in [4.69, 9.17) is 0 Å². The Balaban J connectivity index is 1.65. The molecule has 1 aliphatic heterocycles. The van der Waals surface area contributed by atoms with Crippen LogP contribution in [0.4, 0.5) is 5.69 Å². The zero-order valence-electron chi connectivity index (χ0n) is 12.2. The smallest absolute Gasteiger partial charge is 0.280 e. The van der Waals surface area contributed by atoms with Gasteiger partial charge in [0.05, 0.1) is 11.9 Å². The number of fused-ring (bicyclic) bond motifs is 1. The summed E-state index contributed by atoms with van der Waals surface area (Å²) >= 11 is 3.48. The summed E-state index contributed by atoms with van der Waals surface area (Å²) < 4.78 is 2.51.